The predicted molar refractivity (Wildman–Crippen MR) is 44.2 cm³/mol. The third-order valence-corrected chi connectivity index (χ3v) is 3.43. The molecule has 0 spiro atoms. The van der Waals surface area contributed by atoms with Gasteiger partial charge in [-0.1, -0.05) is 13.8 Å². The van der Waals surface area contributed by atoms with Crippen molar-refractivity contribution >= 4 is 5.78 Å². The highest BCUT2D eigenvalue weighted by atomic mass is 16.1. The molecule has 2 rings (SSSR count). The quantitative estimate of drug-likeness (QED) is 0.563. The van der Waals surface area contributed by atoms with Gasteiger partial charge < -0.3 is 0 Å². The Morgan fingerprint density at radius 3 is 2.45 bits per heavy atom. The van der Waals surface area contributed by atoms with Crippen molar-refractivity contribution in [3.05, 3.63) is 0 Å². The number of ketones is 1. The summed E-state index contributed by atoms with van der Waals surface area (Å²) in [6, 6.07) is 0. The first-order valence-electron chi connectivity index (χ1n) is 4.74. The van der Waals surface area contributed by atoms with Gasteiger partial charge in [0.25, 0.3) is 0 Å². The molecule has 11 heavy (non-hydrogen) atoms. The van der Waals surface area contributed by atoms with Crippen LogP contribution in [-0.2, 0) is 4.79 Å². The maximum atomic E-state index is 11.6. The molecule has 2 aliphatic rings. The second kappa shape index (κ2) is 2.33. The molecular formula is C10H16O. The maximum absolute atomic E-state index is 11.6. The first kappa shape index (κ1) is 7.33. The van der Waals surface area contributed by atoms with Crippen LogP contribution < -0.4 is 0 Å². The summed E-state index contributed by atoms with van der Waals surface area (Å²) in [7, 11) is 0. The number of rotatable bonds is 1. The van der Waals surface area contributed by atoms with Gasteiger partial charge >= 0.3 is 0 Å². The van der Waals surface area contributed by atoms with Crippen LogP contribution >= 0.6 is 0 Å². The number of Topliss-reactive ketones (excluding diaryl/α,β-unsaturated/α-hetero) is 1. The number of hydrogen-bond donors (Lipinski definition) is 0. The zero-order valence-corrected chi connectivity index (χ0v) is 7.34. The average molecular weight is 152 g/mol. The van der Waals surface area contributed by atoms with Gasteiger partial charge in [0.2, 0.25) is 0 Å². The predicted octanol–water partition coefficient (Wildman–Crippen LogP) is 2.26. The topological polar surface area (TPSA) is 17.1 Å². The molecule has 3 atom stereocenters. The molecular weight excluding hydrogens is 136 g/mol. The molecule has 0 radical (unpaired) electrons. The van der Waals surface area contributed by atoms with Gasteiger partial charge in [0.1, 0.15) is 5.78 Å². The molecule has 0 aromatic heterocycles. The molecule has 62 valence electrons. The largest absolute Gasteiger partial charge is 0.299 e. The summed E-state index contributed by atoms with van der Waals surface area (Å²) in [5.41, 5.74) is 0. The summed E-state index contributed by atoms with van der Waals surface area (Å²) in [6.45, 7) is 4.37. The van der Waals surface area contributed by atoms with Gasteiger partial charge in [0.15, 0.2) is 0 Å². The molecule has 0 unspecified atom stereocenters. The van der Waals surface area contributed by atoms with E-state index in [1.54, 1.807) is 0 Å². The molecule has 0 aromatic carbocycles. The zero-order valence-electron chi connectivity index (χ0n) is 7.34. The van der Waals surface area contributed by atoms with Gasteiger partial charge in [-0.25, -0.2) is 0 Å². The van der Waals surface area contributed by atoms with Crippen LogP contribution in [0.4, 0.5) is 0 Å². The summed E-state index contributed by atoms with van der Waals surface area (Å²) < 4.78 is 0. The zero-order chi connectivity index (χ0) is 8.01. The van der Waals surface area contributed by atoms with E-state index in [0.29, 0.717) is 23.5 Å². The Balaban J connectivity index is 2.18. The first-order valence-corrected chi connectivity index (χ1v) is 4.74. The van der Waals surface area contributed by atoms with Gasteiger partial charge in [-0.15, -0.1) is 0 Å². The lowest BCUT2D eigenvalue weighted by Crippen LogP contribution is -2.26. The Hall–Kier alpha value is -0.330. The SMILES string of the molecule is CC(C)[C@@H]1C(=O)[C@@H]2CC[C@H]1C2. The highest BCUT2D eigenvalue weighted by molar-refractivity contribution is 5.87. The second-order valence-electron chi connectivity index (χ2n) is 4.44. The van der Waals surface area contributed by atoms with Gasteiger partial charge in [-0.2, -0.15) is 0 Å². The summed E-state index contributed by atoms with van der Waals surface area (Å²) in [6.07, 6.45) is 3.72. The van der Waals surface area contributed by atoms with Crippen molar-refractivity contribution in [1.29, 1.82) is 0 Å². The summed E-state index contributed by atoms with van der Waals surface area (Å²) in [5, 5.41) is 0. The lowest BCUT2D eigenvalue weighted by Gasteiger charge is -2.23. The Kier molecular flexibility index (Phi) is 1.55. The van der Waals surface area contributed by atoms with Crippen LogP contribution in [0.1, 0.15) is 33.1 Å². The maximum Gasteiger partial charge on any atom is 0.139 e. The fraction of sp³-hybridized carbons (Fsp3) is 0.900. The number of hydrogen-bond acceptors (Lipinski definition) is 1. The normalized spacial score (nSPS) is 42.5. The van der Waals surface area contributed by atoms with Gasteiger partial charge in [-0.05, 0) is 31.1 Å². The smallest absolute Gasteiger partial charge is 0.139 e. The fourth-order valence-electron chi connectivity index (χ4n) is 2.98. The van der Waals surface area contributed by atoms with Crippen LogP contribution in [0.25, 0.3) is 0 Å². The minimum Gasteiger partial charge on any atom is -0.299 e. The van der Waals surface area contributed by atoms with Crippen molar-refractivity contribution in [1.82, 2.24) is 0 Å². The van der Waals surface area contributed by atoms with E-state index >= 15 is 0 Å². The van der Waals surface area contributed by atoms with Crippen LogP contribution in [0.5, 0.6) is 0 Å². The van der Waals surface area contributed by atoms with Crippen LogP contribution in [0.3, 0.4) is 0 Å². The average Bonchev–Trinajstić information content (AvgIpc) is 2.44. The highest BCUT2D eigenvalue weighted by Gasteiger charge is 2.47. The molecule has 2 fully saturated rings. The molecule has 2 aliphatic carbocycles. The van der Waals surface area contributed by atoms with Crippen molar-refractivity contribution in [2.45, 2.75) is 33.1 Å². The molecule has 0 N–H and O–H groups in total. The lowest BCUT2D eigenvalue weighted by molar-refractivity contribution is -0.127. The van der Waals surface area contributed by atoms with Gasteiger partial charge in [0, 0.05) is 11.8 Å². The number of fused-ring (bicyclic) bond motifs is 2. The van der Waals surface area contributed by atoms with E-state index in [1.165, 1.54) is 19.3 Å². The Labute approximate surface area is 68.2 Å². The van der Waals surface area contributed by atoms with Crippen molar-refractivity contribution in [3.8, 4) is 0 Å². The van der Waals surface area contributed by atoms with E-state index in [9.17, 15) is 4.79 Å². The number of carbonyl (C=O) groups is 1. The van der Waals surface area contributed by atoms with E-state index in [1.807, 2.05) is 0 Å². The van der Waals surface area contributed by atoms with E-state index in [2.05, 4.69) is 13.8 Å². The standard InChI is InChI=1S/C10H16O/c1-6(2)9-7-3-4-8(5-7)10(9)11/h6-9H,3-5H2,1-2H3/t7-,8+,9-/m0/s1. The van der Waals surface area contributed by atoms with E-state index in [-0.39, 0.29) is 0 Å². The highest BCUT2D eigenvalue weighted by Crippen LogP contribution is 2.48. The van der Waals surface area contributed by atoms with Gasteiger partial charge in [-0.3, -0.25) is 4.79 Å². The Morgan fingerprint density at radius 1 is 1.36 bits per heavy atom. The fourth-order valence-corrected chi connectivity index (χ4v) is 2.98. The van der Waals surface area contributed by atoms with E-state index in [4.69, 9.17) is 0 Å². The van der Waals surface area contributed by atoms with E-state index < -0.39 is 0 Å². The number of carbonyl (C=O) groups excluding carboxylic acids is 1. The molecule has 2 saturated carbocycles. The van der Waals surface area contributed by atoms with Crippen LogP contribution in [0.15, 0.2) is 0 Å². The van der Waals surface area contributed by atoms with E-state index in [0.717, 1.165) is 5.92 Å². The molecule has 0 aliphatic heterocycles. The lowest BCUT2D eigenvalue weighted by atomic mass is 9.80. The third kappa shape index (κ3) is 0.935. The van der Waals surface area contributed by atoms with Crippen LogP contribution in [0, 0.1) is 23.7 Å². The van der Waals surface area contributed by atoms with Gasteiger partial charge in [0.05, 0.1) is 0 Å². The van der Waals surface area contributed by atoms with Crippen molar-refractivity contribution in [3.63, 3.8) is 0 Å². The molecule has 0 amide bonds. The third-order valence-electron chi connectivity index (χ3n) is 3.43. The monoisotopic (exact) mass is 152 g/mol. The van der Waals surface area contributed by atoms with Crippen LogP contribution in [-0.4, -0.2) is 5.78 Å². The molecule has 1 heteroatoms. The van der Waals surface area contributed by atoms with Crippen molar-refractivity contribution < 1.29 is 4.79 Å². The Bertz CT molecular complexity index is 183. The minimum atomic E-state index is 0.425. The summed E-state index contributed by atoms with van der Waals surface area (Å²) >= 11 is 0. The molecule has 2 bridgehead atoms. The molecule has 0 saturated heterocycles. The van der Waals surface area contributed by atoms with Crippen LogP contribution in [0.2, 0.25) is 0 Å². The molecule has 0 heterocycles. The molecule has 0 aromatic rings. The van der Waals surface area contributed by atoms with Crippen molar-refractivity contribution in [2.24, 2.45) is 23.7 Å². The summed E-state index contributed by atoms with van der Waals surface area (Å²) in [4.78, 5) is 11.6. The van der Waals surface area contributed by atoms with Crippen molar-refractivity contribution in [2.75, 3.05) is 0 Å². The second-order valence-corrected chi connectivity index (χ2v) is 4.44. The Morgan fingerprint density at radius 2 is 2.09 bits per heavy atom. The summed E-state index contributed by atoms with van der Waals surface area (Å²) in [5.74, 6) is 2.81. The first-order chi connectivity index (χ1) is 5.20. The minimum absolute atomic E-state index is 0.425. The molecule has 1 nitrogen and oxygen atoms in total.